The highest BCUT2D eigenvalue weighted by Gasteiger charge is 2.16. The van der Waals surface area contributed by atoms with E-state index >= 15 is 0 Å². The molecule has 0 radical (unpaired) electrons. The molecule has 8 heteroatoms. The first-order valence-electron chi connectivity index (χ1n) is 9.35. The Morgan fingerprint density at radius 2 is 2.00 bits per heavy atom. The Bertz CT molecular complexity index is 1170. The summed E-state index contributed by atoms with van der Waals surface area (Å²) in [7, 11) is 0. The minimum absolute atomic E-state index is 0.0461. The van der Waals surface area contributed by atoms with E-state index < -0.39 is 0 Å². The molecule has 2 aromatic carbocycles. The maximum absolute atomic E-state index is 13.2. The van der Waals surface area contributed by atoms with Crippen LogP contribution in [0.3, 0.4) is 0 Å². The van der Waals surface area contributed by atoms with Crippen molar-refractivity contribution in [3.63, 3.8) is 0 Å². The summed E-state index contributed by atoms with van der Waals surface area (Å²) >= 11 is 16.0. The third kappa shape index (κ3) is 4.77. The standard InChI is InChI=1S/C22H20BrCl2N3O2/c1-4-8-30-20-17(24)9-14(10-18(20)25)12-26-28-21(13(3)5-2)27-19-7-6-15(23)11-16(19)22(28)29/h4,6-7,9-13H,1,5,8H2,2-3H3/t13-/m1/s1. The Morgan fingerprint density at radius 1 is 1.30 bits per heavy atom. The van der Waals surface area contributed by atoms with E-state index in [-0.39, 0.29) is 11.5 Å². The molecule has 0 spiro atoms. The van der Waals surface area contributed by atoms with E-state index in [1.54, 1.807) is 24.3 Å². The average molecular weight is 509 g/mol. The van der Waals surface area contributed by atoms with Crippen molar-refractivity contribution in [2.45, 2.75) is 26.2 Å². The van der Waals surface area contributed by atoms with Gasteiger partial charge in [0.1, 0.15) is 12.4 Å². The minimum atomic E-state index is -0.240. The fourth-order valence-electron chi connectivity index (χ4n) is 2.84. The summed E-state index contributed by atoms with van der Waals surface area (Å²) in [5, 5.41) is 5.61. The smallest absolute Gasteiger partial charge is 0.282 e. The van der Waals surface area contributed by atoms with Crippen LogP contribution < -0.4 is 10.3 Å². The van der Waals surface area contributed by atoms with E-state index in [2.05, 4.69) is 32.6 Å². The number of benzene rings is 2. The zero-order valence-electron chi connectivity index (χ0n) is 16.5. The molecule has 3 rings (SSSR count). The van der Waals surface area contributed by atoms with Gasteiger partial charge in [0.15, 0.2) is 5.75 Å². The van der Waals surface area contributed by atoms with Gasteiger partial charge in [-0.15, -0.1) is 0 Å². The highest BCUT2D eigenvalue weighted by molar-refractivity contribution is 9.10. The molecule has 5 nitrogen and oxygen atoms in total. The van der Waals surface area contributed by atoms with Gasteiger partial charge in [-0.1, -0.05) is 65.6 Å². The molecule has 0 fully saturated rings. The van der Waals surface area contributed by atoms with Gasteiger partial charge in [0.25, 0.3) is 5.56 Å². The Kier molecular flexibility index (Phi) is 7.34. The maximum atomic E-state index is 13.2. The van der Waals surface area contributed by atoms with Crippen molar-refractivity contribution in [3.05, 3.63) is 79.2 Å². The quantitative estimate of drug-likeness (QED) is 0.273. The molecule has 1 atom stereocenters. The number of halogens is 3. The summed E-state index contributed by atoms with van der Waals surface area (Å²) in [5.41, 5.74) is 1.03. The highest BCUT2D eigenvalue weighted by atomic mass is 79.9. The average Bonchev–Trinajstić information content (AvgIpc) is 2.72. The molecule has 0 aliphatic carbocycles. The van der Waals surface area contributed by atoms with Crippen LogP contribution >= 0.6 is 39.1 Å². The predicted molar refractivity (Wildman–Crippen MR) is 128 cm³/mol. The van der Waals surface area contributed by atoms with Crippen molar-refractivity contribution in [2.24, 2.45) is 5.10 Å². The summed E-state index contributed by atoms with van der Waals surface area (Å²) < 4.78 is 7.62. The van der Waals surface area contributed by atoms with Crippen LogP contribution in [0.1, 0.15) is 37.6 Å². The minimum Gasteiger partial charge on any atom is -0.486 e. The zero-order valence-corrected chi connectivity index (χ0v) is 19.6. The molecule has 0 saturated carbocycles. The van der Waals surface area contributed by atoms with Gasteiger partial charge >= 0.3 is 0 Å². The van der Waals surface area contributed by atoms with E-state index in [0.717, 1.165) is 10.9 Å². The Morgan fingerprint density at radius 3 is 2.63 bits per heavy atom. The van der Waals surface area contributed by atoms with Crippen LogP contribution in [-0.2, 0) is 0 Å². The SMILES string of the molecule is C=CCOc1c(Cl)cc(C=Nn2c([C@H](C)CC)nc3ccc(Br)cc3c2=O)cc1Cl. The topological polar surface area (TPSA) is 56.5 Å². The molecule has 1 heterocycles. The number of hydrogen-bond acceptors (Lipinski definition) is 4. The molecule has 156 valence electrons. The van der Waals surface area contributed by atoms with Crippen molar-refractivity contribution in [3.8, 4) is 5.75 Å². The lowest BCUT2D eigenvalue weighted by Gasteiger charge is -2.14. The lowest BCUT2D eigenvalue weighted by Crippen LogP contribution is -2.23. The van der Waals surface area contributed by atoms with Crippen LogP contribution in [0.15, 0.2) is 57.4 Å². The number of rotatable bonds is 7. The molecule has 0 aliphatic heterocycles. The van der Waals surface area contributed by atoms with Crippen molar-refractivity contribution in [2.75, 3.05) is 6.61 Å². The van der Waals surface area contributed by atoms with Crippen molar-refractivity contribution in [1.82, 2.24) is 9.66 Å². The number of fused-ring (bicyclic) bond motifs is 1. The Hall–Kier alpha value is -2.15. The van der Waals surface area contributed by atoms with E-state index in [1.807, 2.05) is 26.0 Å². The number of hydrogen-bond donors (Lipinski definition) is 0. The second-order valence-electron chi connectivity index (χ2n) is 6.72. The lowest BCUT2D eigenvalue weighted by atomic mass is 10.1. The lowest BCUT2D eigenvalue weighted by molar-refractivity contribution is 0.363. The molecule has 0 N–H and O–H groups in total. The maximum Gasteiger partial charge on any atom is 0.282 e. The normalized spacial score (nSPS) is 12.4. The number of aromatic nitrogens is 2. The summed E-state index contributed by atoms with van der Waals surface area (Å²) in [6.07, 6.45) is 3.96. The molecule has 30 heavy (non-hydrogen) atoms. The zero-order chi connectivity index (χ0) is 21.8. The van der Waals surface area contributed by atoms with Crippen molar-refractivity contribution in [1.29, 1.82) is 0 Å². The number of ether oxygens (including phenoxy) is 1. The van der Waals surface area contributed by atoms with Gasteiger partial charge in [0.05, 0.1) is 27.2 Å². The fraction of sp³-hybridized carbons (Fsp3) is 0.227. The predicted octanol–water partition coefficient (Wildman–Crippen LogP) is 6.43. The molecular weight excluding hydrogens is 489 g/mol. The van der Waals surface area contributed by atoms with Gasteiger partial charge < -0.3 is 4.74 Å². The van der Waals surface area contributed by atoms with Gasteiger partial charge in [-0.25, -0.2) is 4.98 Å². The van der Waals surface area contributed by atoms with Crippen LogP contribution in [0, 0.1) is 0 Å². The Labute approximate surface area is 193 Å². The van der Waals surface area contributed by atoms with Crippen LogP contribution in [0.4, 0.5) is 0 Å². The third-order valence-electron chi connectivity index (χ3n) is 4.57. The monoisotopic (exact) mass is 507 g/mol. The van der Waals surface area contributed by atoms with E-state index in [1.165, 1.54) is 10.9 Å². The molecule has 0 unspecified atom stereocenters. The van der Waals surface area contributed by atoms with Crippen LogP contribution in [0.2, 0.25) is 10.0 Å². The second kappa shape index (κ2) is 9.77. The van der Waals surface area contributed by atoms with Gasteiger partial charge in [0, 0.05) is 10.4 Å². The molecule has 0 aliphatic rings. The second-order valence-corrected chi connectivity index (χ2v) is 8.45. The van der Waals surface area contributed by atoms with Crippen LogP contribution in [-0.4, -0.2) is 22.5 Å². The molecule has 0 bridgehead atoms. The molecular formula is C22H20BrCl2N3O2. The van der Waals surface area contributed by atoms with Crippen molar-refractivity contribution < 1.29 is 4.74 Å². The van der Waals surface area contributed by atoms with Gasteiger partial charge in [-0.2, -0.15) is 9.78 Å². The van der Waals surface area contributed by atoms with Gasteiger partial charge in [-0.05, 0) is 42.3 Å². The van der Waals surface area contributed by atoms with Crippen LogP contribution in [0.25, 0.3) is 10.9 Å². The molecule has 3 aromatic rings. The number of nitrogens with zero attached hydrogens (tertiary/aromatic N) is 3. The fourth-order valence-corrected chi connectivity index (χ4v) is 3.81. The summed E-state index contributed by atoms with van der Waals surface area (Å²) in [6, 6.07) is 8.78. The summed E-state index contributed by atoms with van der Waals surface area (Å²) in [4.78, 5) is 17.8. The highest BCUT2D eigenvalue weighted by Crippen LogP contribution is 2.34. The van der Waals surface area contributed by atoms with E-state index in [4.69, 9.17) is 27.9 Å². The largest absolute Gasteiger partial charge is 0.486 e. The summed E-state index contributed by atoms with van der Waals surface area (Å²) in [6.45, 7) is 7.95. The Balaban J connectivity index is 2.10. The summed E-state index contributed by atoms with van der Waals surface area (Å²) in [5.74, 6) is 1.02. The van der Waals surface area contributed by atoms with Gasteiger partial charge in [0.2, 0.25) is 0 Å². The molecule has 1 aromatic heterocycles. The molecule has 0 amide bonds. The third-order valence-corrected chi connectivity index (χ3v) is 5.63. The first-order valence-corrected chi connectivity index (χ1v) is 10.9. The van der Waals surface area contributed by atoms with E-state index in [0.29, 0.717) is 44.7 Å². The van der Waals surface area contributed by atoms with Gasteiger partial charge in [-0.3, -0.25) is 4.79 Å². The van der Waals surface area contributed by atoms with Crippen molar-refractivity contribution >= 4 is 56.2 Å². The first-order chi connectivity index (χ1) is 14.3. The first kappa shape index (κ1) is 22.5. The van der Waals surface area contributed by atoms with E-state index in [9.17, 15) is 4.79 Å². The molecule has 0 saturated heterocycles. The van der Waals surface area contributed by atoms with Crippen LogP contribution in [0.5, 0.6) is 5.75 Å².